The van der Waals surface area contributed by atoms with Crippen LogP contribution in [0.3, 0.4) is 0 Å². The topological polar surface area (TPSA) is 171 Å². The molecule has 3 aliphatic heterocycles. The second-order valence-corrected chi connectivity index (χ2v) is 23.7. The predicted octanol–water partition coefficient (Wildman–Crippen LogP) is 8.33. The first kappa shape index (κ1) is 61.2. The van der Waals surface area contributed by atoms with E-state index in [4.69, 9.17) is 42.4 Å². The third kappa shape index (κ3) is 16.3. The number of imidazole rings is 1. The van der Waals surface area contributed by atoms with Crippen molar-refractivity contribution >= 4 is 52.7 Å². The minimum absolute atomic E-state index is 0.0533. The normalized spacial score (nSPS) is 23.2. The van der Waals surface area contributed by atoms with Crippen LogP contribution in [0.25, 0.3) is 11.3 Å². The van der Waals surface area contributed by atoms with Crippen molar-refractivity contribution in [1.82, 2.24) is 44.7 Å². The van der Waals surface area contributed by atoms with E-state index in [9.17, 15) is 4.79 Å². The highest BCUT2D eigenvalue weighted by atomic mass is 35.5. The van der Waals surface area contributed by atoms with Crippen LogP contribution in [0.15, 0.2) is 103 Å². The summed E-state index contributed by atoms with van der Waals surface area (Å²) in [5.74, 6) is -0.936. The van der Waals surface area contributed by atoms with E-state index in [0.717, 1.165) is 73.8 Å². The minimum Gasteiger partial charge on any atom is -0.457 e. The van der Waals surface area contributed by atoms with Crippen LogP contribution in [0.1, 0.15) is 86.7 Å². The number of likely N-dealkylation sites (N-methyl/N-ethyl adjacent to an activating group) is 2. The maximum absolute atomic E-state index is 15.9. The highest BCUT2D eigenvalue weighted by Gasteiger charge is 2.40. The molecule has 9 rings (SSSR count). The molecule has 1 saturated carbocycles. The summed E-state index contributed by atoms with van der Waals surface area (Å²) in [5.41, 5.74) is 4.24. The number of hydrogen-bond acceptors (Lipinski definition) is 11. The molecule has 1 aliphatic carbocycles. The average molecular weight is 1180 g/mol. The molecule has 0 spiro atoms. The van der Waals surface area contributed by atoms with Crippen molar-refractivity contribution in [3.8, 4) is 22.8 Å². The van der Waals surface area contributed by atoms with E-state index in [1.807, 2.05) is 80.0 Å². The second-order valence-electron chi connectivity index (χ2n) is 22.8. The number of halogens is 2. The molecule has 444 valence electrons. The monoisotopic (exact) mass is 1170 g/mol. The molecule has 3 saturated heterocycles. The molecule has 0 radical (unpaired) electrons. The molecule has 5 amide bonds. The zero-order valence-electron chi connectivity index (χ0n) is 48.5. The molecule has 4 heterocycles. The van der Waals surface area contributed by atoms with Crippen LogP contribution in [0, 0.1) is 5.92 Å². The largest absolute Gasteiger partial charge is 0.457 e. The average Bonchev–Trinajstić information content (AvgIpc) is 4.30. The standard InChI is InChI=1S/C64H81Cl2N9O8/c1-70-51(36-45-18-23-49(65)24-19-45)39-60(76)68-53-15-8-9-16-55(53)72(3)63(79)48(35-44-13-6-5-7-14-44)37-61(77)75(56(17-12-30-73-31-33-82-34-32-73)62(78)69-54(43-81-4)64(70)80)41-47-20-25-50(66)38-58(47)83-52-26-21-46(22-27-52)57-40-67-59(71(57)2)42-74-28-10-11-29-74/h5-7,13-14,18-27,38,40,48,51,53-56H,8-12,15-17,28-37,39,41-43H2,1-4H3,(H,68,76)(H,69,78)/t48-,51+,53+,54+,55+,56+/m1/s1. The van der Waals surface area contributed by atoms with E-state index in [1.54, 1.807) is 54.2 Å². The van der Waals surface area contributed by atoms with Crippen LogP contribution in [-0.2, 0) is 66.4 Å². The van der Waals surface area contributed by atoms with Gasteiger partial charge in [-0.05, 0) is 131 Å². The first-order valence-electron chi connectivity index (χ1n) is 29.5. The first-order chi connectivity index (χ1) is 40.2. The lowest BCUT2D eigenvalue weighted by atomic mass is 9.87. The summed E-state index contributed by atoms with van der Waals surface area (Å²) in [5, 5.41) is 7.30. The molecule has 0 unspecified atom stereocenters. The van der Waals surface area contributed by atoms with Crippen molar-refractivity contribution in [3.63, 3.8) is 0 Å². The molecule has 19 heteroatoms. The van der Waals surface area contributed by atoms with Crippen LogP contribution >= 0.6 is 23.2 Å². The van der Waals surface area contributed by atoms with Gasteiger partial charge in [0, 0.05) is 87.4 Å². The van der Waals surface area contributed by atoms with Gasteiger partial charge < -0.3 is 44.1 Å². The van der Waals surface area contributed by atoms with Gasteiger partial charge in [0.25, 0.3) is 0 Å². The van der Waals surface area contributed by atoms with Gasteiger partial charge in [-0.3, -0.25) is 33.8 Å². The zero-order valence-corrected chi connectivity index (χ0v) is 50.0. The Morgan fingerprint density at radius 3 is 2.16 bits per heavy atom. The summed E-state index contributed by atoms with van der Waals surface area (Å²) >= 11 is 13.1. The first-order valence-corrected chi connectivity index (χ1v) is 30.3. The third-order valence-corrected chi connectivity index (χ3v) is 17.6. The summed E-state index contributed by atoms with van der Waals surface area (Å²) in [7, 11) is 6.92. The number of carbonyl (C=O) groups excluding carboxylic acids is 5. The number of likely N-dealkylation sites (tertiary alicyclic amines) is 1. The molecule has 4 fully saturated rings. The molecule has 2 N–H and O–H groups in total. The molecule has 1 aromatic heterocycles. The number of nitrogens with one attached hydrogen (secondary N) is 2. The number of carbonyl (C=O) groups is 5. The highest BCUT2D eigenvalue weighted by molar-refractivity contribution is 6.31. The van der Waals surface area contributed by atoms with E-state index in [0.29, 0.717) is 72.5 Å². The van der Waals surface area contributed by atoms with Gasteiger partial charge in [-0.1, -0.05) is 84.6 Å². The van der Waals surface area contributed by atoms with Gasteiger partial charge in [-0.2, -0.15) is 0 Å². The van der Waals surface area contributed by atoms with Crippen molar-refractivity contribution in [2.75, 3.05) is 73.7 Å². The van der Waals surface area contributed by atoms with Crippen LogP contribution in [0.2, 0.25) is 10.0 Å². The molecule has 4 aliphatic rings. The lowest BCUT2D eigenvalue weighted by Gasteiger charge is -2.41. The lowest BCUT2D eigenvalue weighted by molar-refractivity contribution is -0.148. The van der Waals surface area contributed by atoms with Crippen LogP contribution in [0.5, 0.6) is 11.5 Å². The van der Waals surface area contributed by atoms with Gasteiger partial charge >= 0.3 is 0 Å². The van der Waals surface area contributed by atoms with E-state index in [-0.39, 0.29) is 62.7 Å². The summed E-state index contributed by atoms with van der Waals surface area (Å²) < 4.78 is 20.2. The second kappa shape index (κ2) is 29.5. The zero-order chi connectivity index (χ0) is 58.4. The third-order valence-electron chi connectivity index (χ3n) is 17.1. The smallest absolute Gasteiger partial charge is 0.247 e. The summed E-state index contributed by atoms with van der Waals surface area (Å²) in [6.45, 7) is 5.87. The Morgan fingerprint density at radius 2 is 1.42 bits per heavy atom. The predicted molar refractivity (Wildman–Crippen MR) is 321 cm³/mol. The number of rotatable bonds is 17. The molecule has 4 aromatic carbocycles. The van der Waals surface area contributed by atoms with Crippen LogP contribution in [-0.4, -0.2) is 168 Å². The minimum atomic E-state index is -1.21. The van der Waals surface area contributed by atoms with Crippen molar-refractivity contribution in [2.24, 2.45) is 13.0 Å². The van der Waals surface area contributed by atoms with Gasteiger partial charge in [0.05, 0.1) is 56.8 Å². The molecule has 17 nitrogen and oxygen atoms in total. The maximum atomic E-state index is 15.9. The summed E-state index contributed by atoms with van der Waals surface area (Å²) in [4.78, 5) is 90.7. The Hall–Kier alpha value is -6.34. The van der Waals surface area contributed by atoms with Crippen molar-refractivity contribution in [1.29, 1.82) is 0 Å². The number of amides is 5. The summed E-state index contributed by atoms with van der Waals surface area (Å²) in [6, 6.07) is 26.1. The molecular weight excluding hydrogens is 1090 g/mol. The Kier molecular flexibility index (Phi) is 21.7. The van der Waals surface area contributed by atoms with Gasteiger partial charge in [0.1, 0.15) is 29.4 Å². The maximum Gasteiger partial charge on any atom is 0.247 e. The Balaban J connectivity index is 1.10. The van der Waals surface area contributed by atoms with Crippen LogP contribution in [0.4, 0.5) is 0 Å². The Labute approximate surface area is 498 Å². The van der Waals surface area contributed by atoms with Gasteiger partial charge in [0.15, 0.2) is 0 Å². The number of benzene rings is 4. The Morgan fingerprint density at radius 1 is 0.711 bits per heavy atom. The number of methoxy groups -OCH3 is 1. The van der Waals surface area contributed by atoms with Crippen molar-refractivity contribution < 1.29 is 38.2 Å². The number of aromatic nitrogens is 2. The molecule has 6 atom stereocenters. The molecule has 5 aromatic rings. The molecular formula is C64H81Cl2N9O8. The summed E-state index contributed by atoms with van der Waals surface area (Å²) in [6.07, 6.45) is 8.27. The number of nitrogens with zero attached hydrogens (tertiary/aromatic N) is 7. The Bertz CT molecular complexity index is 2970. The van der Waals surface area contributed by atoms with Crippen LogP contribution < -0.4 is 15.4 Å². The fourth-order valence-corrected chi connectivity index (χ4v) is 12.6. The van der Waals surface area contributed by atoms with Gasteiger partial charge in [0.2, 0.25) is 29.5 Å². The highest BCUT2D eigenvalue weighted by Crippen LogP contribution is 2.34. The number of fused-ring (bicyclic) bond motifs is 1. The van der Waals surface area contributed by atoms with E-state index >= 15 is 19.2 Å². The SMILES string of the molecule is COC[C@@H]1NC(=O)[C@H](CCCN2CCOCC2)N(Cc2ccc(Cl)cc2Oc2ccc(-c3cnc(CN4CCCC4)n3C)cc2)C(=O)C[C@@H](Cc2ccccc2)C(=O)N(C)[C@H]2CCCC[C@@H]2NC(=O)C[C@H](Cc2ccc(Cl)cc2)N(C)C1=O. The number of hydrogen-bond donors (Lipinski definition) is 2. The van der Waals surface area contributed by atoms with Crippen molar-refractivity contribution in [3.05, 3.63) is 136 Å². The molecule has 83 heavy (non-hydrogen) atoms. The number of morpholine rings is 1. The lowest BCUT2D eigenvalue weighted by Crippen LogP contribution is -2.59. The van der Waals surface area contributed by atoms with E-state index in [2.05, 4.69) is 25.0 Å². The fraction of sp³-hybridized carbons (Fsp3) is 0.500. The van der Waals surface area contributed by atoms with Gasteiger partial charge in [-0.25, -0.2) is 4.98 Å². The van der Waals surface area contributed by atoms with E-state index in [1.165, 1.54) is 24.9 Å². The van der Waals surface area contributed by atoms with E-state index < -0.39 is 41.8 Å². The molecule has 0 bridgehead atoms. The number of ether oxygens (including phenoxy) is 3. The van der Waals surface area contributed by atoms with Crippen molar-refractivity contribution in [2.45, 2.75) is 120 Å². The quantitative estimate of drug-likeness (QED) is 0.0918. The van der Waals surface area contributed by atoms with Gasteiger partial charge in [-0.15, -0.1) is 0 Å². The fourth-order valence-electron chi connectivity index (χ4n) is 12.3.